The van der Waals surface area contributed by atoms with Crippen LogP contribution in [0, 0.1) is 0 Å². The van der Waals surface area contributed by atoms with Crippen LogP contribution in [0.25, 0.3) is 21.5 Å². The molecule has 1 heterocycles. The maximum absolute atomic E-state index is 4.88. The molecular formula is C26H25N3. The molecule has 0 atom stereocenters. The first-order valence-corrected chi connectivity index (χ1v) is 10.3. The van der Waals surface area contributed by atoms with Crippen LogP contribution < -0.4 is 0 Å². The summed E-state index contributed by atoms with van der Waals surface area (Å²) in [5, 5.41) is 12.1. The highest BCUT2D eigenvalue weighted by Gasteiger charge is 2.15. The average Bonchev–Trinajstić information content (AvgIpc) is 2.78. The molecule has 3 nitrogen and oxygen atoms in total. The summed E-state index contributed by atoms with van der Waals surface area (Å²) in [7, 11) is 0. The van der Waals surface area contributed by atoms with Crippen molar-refractivity contribution in [3.63, 3.8) is 0 Å². The number of hydrazone groups is 1. The van der Waals surface area contributed by atoms with Crippen LogP contribution in [0.2, 0.25) is 0 Å². The molecule has 1 aliphatic heterocycles. The van der Waals surface area contributed by atoms with E-state index in [1.54, 1.807) is 0 Å². The van der Waals surface area contributed by atoms with Gasteiger partial charge in [-0.05, 0) is 33.2 Å². The van der Waals surface area contributed by atoms with Crippen molar-refractivity contribution in [3.05, 3.63) is 96.1 Å². The Hall–Kier alpha value is -3.17. The van der Waals surface area contributed by atoms with Gasteiger partial charge in [0.1, 0.15) is 0 Å². The number of hydrogen-bond acceptors (Lipinski definition) is 3. The van der Waals surface area contributed by atoms with Gasteiger partial charge in [0.2, 0.25) is 0 Å². The molecule has 0 aliphatic carbocycles. The molecule has 29 heavy (non-hydrogen) atoms. The third-order valence-electron chi connectivity index (χ3n) is 5.76. The lowest BCUT2D eigenvalue weighted by molar-refractivity contribution is 0.131. The highest BCUT2D eigenvalue weighted by molar-refractivity contribution is 6.13. The Kier molecular flexibility index (Phi) is 4.97. The Morgan fingerprint density at radius 2 is 1.28 bits per heavy atom. The van der Waals surface area contributed by atoms with Crippen LogP contribution >= 0.6 is 0 Å². The monoisotopic (exact) mass is 379 g/mol. The van der Waals surface area contributed by atoms with Gasteiger partial charge in [0.25, 0.3) is 0 Å². The van der Waals surface area contributed by atoms with Crippen LogP contribution in [0.1, 0.15) is 11.1 Å². The van der Waals surface area contributed by atoms with Gasteiger partial charge in [-0.25, -0.2) is 0 Å². The molecule has 0 spiro atoms. The number of fused-ring (bicyclic) bond motifs is 2. The maximum atomic E-state index is 4.88. The SMILES string of the molecule is C(=N\N1CCN(Cc2ccccc2)CC1)/c1c2ccccc2cc2ccccc12. The molecule has 0 N–H and O–H groups in total. The second-order valence-corrected chi connectivity index (χ2v) is 7.69. The molecule has 4 aromatic carbocycles. The Labute approximate surface area is 171 Å². The first kappa shape index (κ1) is 17.9. The van der Waals surface area contributed by atoms with Crippen LogP contribution in [0.4, 0.5) is 0 Å². The first-order chi connectivity index (χ1) is 14.4. The van der Waals surface area contributed by atoms with Gasteiger partial charge < -0.3 is 0 Å². The maximum Gasteiger partial charge on any atom is 0.0555 e. The average molecular weight is 380 g/mol. The van der Waals surface area contributed by atoms with Crippen LogP contribution in [0.3, 0.4) is 0 Å². The van der Waals surface area contributed by atoms with E-state index in [1.165, 1.54) is 32.7 Å². The fourth-order valence-corrected chi connectivity index (χ4v) is 4.18. The van der Waals surface area contributed by atoms with Crippen LogP contribution in [0.15, 0.2) is 90.0 Å². The molecule has 4 aromatic rings. The van der Waals surface area contributed by atoms with Crippen LogP contribution in [-0.4, -0.2) is 42.3 Å². The summed E-state index contributed by atoms with van der Waals surface area (Å²) >= 11 is 0. The molecule has 0 saturated carbocycles. The normalized spacial score (nSPS) is 15.5. The third-order valence-corrected chi connectivity index (χ3v) is 5.76. The van der Waals surface area contributed by atoms with Crippen molar-refractivity contribution < 1.29 is 0 Å². The van der Waals surface area contributed by atoms with Crippen molar-refractivity contribution in [1.82, 2.24) is 9.91 Å². The van der Waals surface area contributed by atoms with Gasteiger partial charge in [-0.3, -0.25) is 9.91 Å². The second-order valence-electron chi connectivity index (χ2n) is 7.69. The van der Waals surface area contributed by atoms with Gasteiger partial charge in [0.05, 0.1) is 6.21 Å². The fourth-order valence-electron chi connectivity index (χ4n) is 4.18. The smallest absolute Gasteiger partial charge is 0.0555 e. The number of piperazine rings is 1. The van der Waals surface area contributed by atoms with E-state index in [0.717, 1.165) is 32.7 Å². The summed E-state index contributed by atoms with van der Waals surface area (Å²) in [5.41, 5.74) is 2.59. The molecular weight excluding hydrogens is 354 g/mol. The van der Waals surface area contributed by atoms with Gasteiger partial charge >= 0.3 is 0 Å². The predicted molar refractivity (Wildman–Crippen MR) is 122 cm³/mol. The van der Waals surface area contributed by atoms with Crippen LogP contribution in [-0.2, 0) is 6.54 Å². The molecule has 1 aliphatic rings. The van der Waals surface area contributed by atoms with Crippen molar-refractivity contribution in [3.8, 4) is 0 Å². The van der Waals surface area contributed by atoms with Crippen molar-refractivity contribution in [1.29, 1.82) is 0 Å². The van der Waals surface area contributed by atoms with Crippen molar-refractivity contribution in [2.24, 2.45) is 5.10 Å². The van der Waals surface area contributed by atoms with E-state index >= 15 is 0 Å². The van der Waals surface area contributed by atoms with E-state index in [-0.39, 0.29) is 0 Å². The van der Waals surface area contributed by atoms with E-state index in [2.05, 4.69) is 101 Å². The van der Waals surface area contributed by atoms with E-state index in [9.17, 15) is 0 Å². The molecule has 0 aromatic heterocycles. The number of hydrogen-bond donors (Lipinski definition) is 0. The molecule has 144 valence electrons. The molecule has 5 rings (SSSR count). The van der Waals surface area contributed by atoms with Crippen LogP contribution in [0.5, 0.6) is 0 Å². The largest absolute Gasteiger partial charge is 0.295 e. The van der Waals surface area contributed by atoms with Crippen molar-refractivity contribution in [2.45, 2.75) is 6.54 Å². The topological polar surface area (TPSA) is 18.8 Å². The highest BCUT2D eigenvalue weighted by atomic mass is 15.5. The summed E-state index contributed by atoms with van der Waals surface area (Å²) in [6.45, 7) is 5.04. The van der Waals surface area contributed by atoms with Crippen molar-refractivity contribution >= 4 is 27.8 Å². The third kappa shape index (κ3) is 3.87. The van der Waals surface area contributed by atoms with E-state index < -0.39 is 0 Å². The molecule has 0 radical (unpaired) electrons. The van der Waals surface area contributed by atoms with Gasteiger partial charge in [-0.15, -0.1) is 0 Å². The molecule has 3 heteroatoms. The molecule has 0 bridgehead atoms. The lowest BCUT2D eigenvalue weighted by Crippen LogP contribution is -2.43. The highest BCUT2D eigenvalue weighted by Crippen LogP contribution is 2.27. The lowest BCUT2D eigenvalue weighted by atomic mass is 9.97. The molecule has 1 saturated heterocycles. The summed E-state index contributed by atoms with van der Waals surface area (Å²) in [4.78, 5) is 2.51. The first-order valence-electron chi connectivity index (χ1n) is 10.3. The zero-order valence-corrected chi connectivity index (χ0v) is 16.5. The standard InChI is InChI=1S/C26H25N3/c1-2-8-21(9-3-1)20-28-14-16-29(17-15-28)27-19-26-24-12-6-4-10-22(24)18-23-11-5-7-13-25(23)26/h1-13,18-19H,14-17,20H2/b27-19+. The summed E-state index contributed by atoms with van der Waals surface area (Å²) < 4.78 is 0. The van der Waals surface area contributed by atoms with Gasteiger partial charge in [0, 0.05) is 38.3 Å². The van der Waals surface area contributed by atoms with Gasteiger partial charge in [-0.1, -0.05) is 78.9 Å². The second kappa shape index (κ2) is 8.06. The Bertz CT molecular complexity index is 1090. The fraction of sp³-hybridized carbons (Fsp3) is 0.192. The minimum atomic E-state index is 0.964. The summed E-state index contributed by atoms with van der Waals surface area (Å²) in [6.07, 6.45) is 2.07. The lowest BCUT2D eigenvalue weighted by Gasteiger charge is -2.33. The minimum Gasteiger partial charge on any atom is -0.295 e. The minimum absolute atomic E-state index is 0.964. The number of nitrogens with zero attached hydrogens (tertiary/aromatic N) is 3. The molecule has 1 fully saturated rings. The Morgan fingerprint density at radius 1 is 0.690 bits per heavy atom. The molecule has 0 unspecified atom stereocenters. The Balaban J connectivity index is 1.35. The quantitative estimate of drug-likeness (QED) is 0.361. The number of benzene rings is 4. The summed E-state index contributed by atoms with van der Waals surface area (Å²) in [6, 6.07) is 30.2. The summed E-state index contributed by atoms with van der Waals surface area (Å²) in [5.74, 6) is 0. The molecule has 0 amide bonds. The van der Waals surface area contributed by atoms with Crippen molar-refractivity contribution in [2.75, 3.05) is 26.2 Å². The Morgan fingerprint density at radius 3 is 1.93 bits per heavy atom. The zero-order chi connectivity index (χ0) is 19.5. The van der Waals surface area contributed by atoms with Gasteiger partial charge in [0.15, 0.2) is 0 Å². The van der Waals surface area contributed by atoms with Gasteiger partial charge in [-0.2, -0.15) is 5.10 Å². The van der Waals surface area contributed by atoms with E-state index in [4.69, 9.17) is 5.10 Å². The van der Waals surface area contributed by atoms with E-state index in [1.807, 2.05) is 0 Å². The number of rotatable bonds is 4. The predicted octanol–water partition coefficient (Wildman–Crippen LogP) is 5.14. The van der Waals surface area contributed by atoms with E-state index in [0.29, 0.717) is 0 Å². The zero-order valence-electron chi connectivity index (χ0n) is 16.5.